The fourth-order valence-electron chi connectivity index (χ4n) is 2.28. The highest BCUT2D eigenvalue weighted by Crippen LogP contribution is 2.29. The van der Waals surface area contributed by atoms with Crippen LogP contribution in [-0.4, -0.2) is 43.2 Å². The summed E-state index contributed by atoms with van der Waals surface area (Å²) < 4.78 is 5.87. The average molecular weight is 283 g/mol. The Kier molecular flexibility index (Phi) is 5.76. The molecule has 4 nitrogen and oxygen atoms in total. The van der Waals surface area contributed by atoms with E-state index in [0.717, 1.165) is 50.6 Å². The smallest absolute Gasteiger partial charge is 0.123 e. The summed E-state index contributed by atoms with van der Waals surface area (Å²) in [6, 6.07) is 0. The van der Waals surface area contributed by atoms with Crippen molar-refractivity contribution in [2.45, 2.75) is 39.3 Å². The summed E-state index contributed by atoms with van der Waals surface area (Å²) in [6.07, 6.45) is 2.38. The molecule has 1 saturated heterocycles. The number of nitrogens with zero attached hydrogens (tertiary/aromatic N) is 2. The van der Waals surface area contributed by atoms with Crippen LogP contribution in [-0.2, 0) is 17.7 Å². The molecule has 19 heavy (non-hydrogen) atoms. The number of nitrogens with one attached hydrogen (secondary N) is 1. The second-order valence-electron chi connectivity index (χ2n) is 5.07. The van der Waals surface area contributed by atoms with Crippen molar-refractivity contribution in [3.63, 3.8) is 0 Å². The van der Waals surface area contributed by atoms with Gasteiger partial charge in [-0.3, -0.25) is 0 Å². The molecule has 1 N–H and O–H groups in total. The van der Waals surface area contributed by atoms with Crippen molar-refractivity contribution in [1.29, 1.82) is 0 Å². The largest absolute Gasteiger partial charge is 0.368 e. The summed E-state index contributed by atoms with van der Waals surface area (Å²) >= 11 is 1.82. The minimum absolute atomic E-state index is 0.162. The molecular formula is C14H25N3OS. The van der Waals surface area contributed by atoms with Gasteiger partial charge in [-0.05, 0) is 20.0 Å². The monoisotopic (exact) mass is 283 g/mol. The molecule has 1 unspecified atom stereocenters. The van der Waals surface area contributed by atoms with E-state index in [2.05, 4.69) is 31.1 Å². The van der Waals surface area contributed by atoms with E-state index in [1.54, 1.807) is 0 Å². The lowest BCUT2D eigenvalue weighted by atomic mass is 10.2. The van der Waals surface area contributed by atoms with Crippen LogP contribution in [0.5, 0.6) is 0 Å². The van der Waals surface area contributed by atoms with Crippen molar-refractivity contribution in [1.82, 2.24) is 15.2 Å². The first-order valence-corrected chi connectivity index (χ1v) is 8.05. The van der Waals surface area contributed by atoms with Gasteiger partial charge in [0.2, 0.25) is 0 Å². The molecule has 1 aliphatic rings. The molecule has 0 saturated carbocycles. The Labute approximate surface area is 120 Å². The highest BCUT2D eigenvalue weighted by atomic mass is 32.1. The quantitative estimate of drug-likeness (QED) is 0.868. The first-order valence-electron chi connectivity index (χ1n) is 7.23. The van der Waals surface area contributed by atoms with Gasteiger partial charge in [0, 0.05) is 24.5 Å². The summed E-state index contributed by atoms with van der Waals surface area (Å²) in [7, 11) is 2.15. The molecule has 1 fully saturated rings. The maximum absolute atomic E-state index is 5.87. The van der Waals surface area contributed by atoms with Crippen molar-refractivity contribution in [3.8, 4) is 0 Å². The Bertz CT molecular complexity index is 394. The van der Waals surface area contributed by atoms with Gasteiger partial charge in [-0.2, -0.15) is 0 Å². The summed E-state index contributed by atoms with van der Waals surface area (Å²) in [4.78, 5) is 8.54. The van der Waals surface area contributed by atoms with Crippen molar-refractivity contribution in [2.75, 3.05) is 33.3 Å². The van der Waals surface area contributed by atoms with Crippen LogP contribution in [0, 0.1) is 0 Å². The lowest BCUT2D eigenvalue weighted by molar-refractivity contribution is -0.0210. The predicted molar refractivity (Wildman–Crippen MR) is 79.7 cm³/mol. The van der Waals surface area contributed by atoms with Gasteiger partial charge in [0.1, 0.15) is 11.1 Å². The molecule has 0 aromatic carbocycles. The molecule has 1 aromatic heterocycles. The average Bonchev–Trinajstić information content (AvgIpc) is 2.80. The van der Waals surface area contributed by atoms with E-state index in [4.69, 9.17) is 9.72 Å². The van der Waals surface area contributed by atoms with Crippen LogP contribution >= 0.6 is 11.3 Å². The number of hydrogen-bond acceptors (Lipinski definition) is 5. The molecule has 1 aromatic rings. The van der Waals surface area contributed by atoms with E-state index < -0.39 is 0 Å². The normalized spacial score (nSPS) is 20.9. The summed E-state index contributed by atoms with van der Waals surface area (Å²) in [5.41, 5.74) is 1.26. The first kappa shape index (κ1) is 14.9. The molecule has 0 radical (unpaired) electrons. The Morgan fingerprint density at radius 1 is 1.47 bits per heavy atom. The molecule has 0 amide bonds. The van der Waals surface area contributed by atoms with Crippen molar-refractivity contribution < 1.29 is 4.74 Å². The molecule has 0 aliphatic carbocycles. The third kappa shape index (κ3) is 3.99. The lowest BCUT2D eigenvalue weighted by Crippen LogP contribution is -2.35. The minimum Gasteiger partial charge on any atom is -0.368 e. The molecule has 1 aliphatic heterocycles. The topological polar surface area (TPSA) is 37.4 Å². The second kappa shape index (κ2) is 7.33. The maximum atomic E-state index is 5.87. The lowest BCUT2D eigenvalue weighted by Gasteiger charge is -2.28. The molecule has 1 atom stereocenters. The Morgan fingerprint density at radius 2 is 2.32 bits per heavy atom. The minimum atomic E-state index is 0.162. The zero-order valence-corrected chi connectivity index (χ0v) is 13.1. The number of hydrogen-bond donors (Lipinski definition) is 1. The van der Waals surface area contributed by atoms with Gasteiger partial charge in [0.05, 0.1) is 12.3 Å². The van der Waals surface area contributed by atoms with Crippen LogP contribution in [0.25, 0.3) is 0 Å². The van der Waals surface area contributed by atoms with Crippen LogP contribution < -0.4 is 5.32 Å². The SMILES string of the molecule is CCCc1nc(C2CN(C)CCO2)sc1CNCC. The summed E-state index contributed by atoms with van der Waals surface area (Å²) in [6.45, 7) is 9.08. The third-order valence-corrected chi connectivity index (χ3v) is 4.55. The van der Waals surface area contributed by atoms with Crippen LogP contribution in [0.4, 0.5) is 0 Å². The van der Waals surface area contributed by atoms with Gasteiger partial charge < -0.3 is 15.0 Å². The predicted octanol–water partition coefficient (Wildman–Crippen LogP) is 2.21. The van der Waals surface area contributed by atoms with Crippen molar-refractivity contribution in [3.05, 3.63) is 15.6 Å². The van der Waals surface area contributed by atoms with E-state index in [9.17, 15) is 0 Å². The van der Waals surface area contributed by atoms with Crippen molar-refractivity contribution in [2.24, 2.45) is 0 Å². The molecule has 0 bridgehead atoms. The van der Waals surface area contributed by atoms with Gasteiger partial charge in [-0.25, -0.2) is 4.98 Å². The number of ether oxygens (including phenoxy) is 1. The van der Waals surface area contributed by atoms with Gasteiger partial charge in [-0.1, -0.05) is 20.3 Å². The second-order valence-corrected chi connectivity index (χ2v) is 6.19. The van der Waals surface area contributed by atoms with Crippen LogP contribution in [0.1, 0.15) is 42.0 Å². The zero-order chi connectivity index (χ0) is 13.7. The Morgan fingerprint density at radius 3 is 3.00 bits per heavy atom. The van der Waals surface area contributed by atoms with Gasteiger partial charge in [0.15, 0.2) is 0 Å². The molecule has 2 heterocycles. The number of rotatable bonds is 6. The highest BCUT2D eigenvalue weighted by Gasteiger charge is 2.24. The van der Waals surface area contributed by atoms with E-state index in [1.165, 1.54) is 10.6 Å². The fourth-order valence-corrected chi connectivity index (χ4v) is 3.40. The Balaban J connectivity index is 2.11. The summed E-state index contributed by atoms with van der Waals surface area (Å²) in [5, 5.41) is 4.56. The van der Waals surface area contributed by atoms with Crippen LogP contribution in [0.15, 0.2) is 0 Å². The van der Waals surface area contributed by atoms with E-state index in [-0.39, 0.29) is 6.10 Å². The molecule has 2 rings (SSSR count). The van der Waals surface area contributed by atoms with Gasteiger partial charge in [0.25, 0.3) is 0 Å². The number of likely N-dealkylation sites (N-methyl/N-ethyl adjacent to an activating group) is 1. The molecule has 5 heteroatoms. The first-order chi connectivity index (χ1) is 9.24. The van der Waals surface area contributed by atoms with Crippen LogP contribution in [0.2, 0.25) is 0 Å². The fraction of sp³-hybridized carbons (Fsp3) is 0.786. The van der Waals surface area contributed by atoms with Gasteiger partial charge >= 0.3 is 0 Å². The molecule has 0 spiro atoms. The molecule has 108 valence electrons. The molecular weight excluding hydrogens is 258 g/mol. The Hall–Kier alpha value is -0.490. The van der Waals surface area contributed by atoms with E-state index in [0.29, 0.717) is 0 Å². The van der Waals surface area contributed by atoms with Crippen LogP contribution in [0.3, 0.4) is 0 Å². The van der Waals surface area contributed by atoms with Crippen molar-refractivity contribution >= 4 is 11.3 Å². The third-order valence-electron chi connectivity index (χ3n) is 3.36. The number of thiazole rings is 1. The van der Waals surface area contributed by atoms with E-state index in [1.807, 2.05) is 11.3 Å². The standard InChI is InChI=1S/C14H25N3OS/c1-4-6-11-13(9-15-5-2)19-14(16-11)12-10-17(3)7-8-18-12/h12,15H,4-10H2,1-3H3. The maximum Gasteiger partial charge on any atom is 0.123 e. The summed E-state index contributed by atoms with van der Waals surface area (Å²) in [5.74, 6) is 0. The van der Waals surface area contributed by atoms with E-state index >= 15 is 0 Å². The zero-order valence-electron chi connectivity index (χ0n) is 12.2. The van der Waals surface area contributed by atoms with Gasteiger partial charge in [-0.15, -0.1) is 11.3 Å². The highest BCUT2D eigenvalue weighted by molar-refractivity contribution is 7.11. The number of aryl methyl sites for hydroxylation is 1. The number of morpholine rings is 1. The number of aromatic nitrogens is 1.